The van der Waals surface area contributed by atoms with Crippen LogP contribution in [0.1, 0.15) is 1.43 Å². The van der Waals surface area contributed by atoms with E-state index in [2.05, 4.69) is 0 Å². The zero-order chi connectivity index (χ0) is 5.54. The van der Waals surface area contributed by atoms with Gasteiger partial charge < -0.3 is 13.3 Å². The quantitative estimate of drug-likeness (QED) is 0.371. The Morgan fingerprint density at radius 3 is 1.67 bits per heavy atom. The maximum absolute atomic E-state index is 6.25. The van der Waals surface area contributed by atoms with Crippen LogP contribution in [-0.2, 0) is 17.1 Å². The first-order chi connectivity index (χ1) is 3.50. The fourth-order valence-electron chi connectivity index (χ4n) is 0.227. The van der Waals surface area contributed by atoms with Crippen molar-refractivity contribution in [2.75, 3.05) is 0 Å². The fraction of sp³-hybridized carbons (Fsp3) is 0. The number of nitrogens with zero attached hydrogens (tertiary/aromatic N) is 1. The van der Waals surface area contributed by atoms with Crippen LogP contribution in [0, 0.1) is 11.8 Å². The standard InChI is InChI=1S/C4H4S.CN.Cu.Li.H/c1-2-4-5-3-1;1-2;;;/h1-4H;;;;/q;-1;2*+1;-1. The molecule has 0 aliphatic heterocycles. The van der Waals surface area contributed by atoms with E-state index in [4.69, 9.17) is 11.8 Å². The van der Waals surface area contributed by atoms with Crippen molar-refractivity contribution in [3.8, 4) is 0 Å². The van der Waals surface area contributed by atoms with Gasteiger partial charge in [0.15, 0.2) is 0 Å². The van der Waals surface area contributed by atoms with E-state index < -0.39 is 0 Å². The molecular formula is C5H5CuLiNS. The van der Waals surface area contributed by atoms with E-state index in [0.29, 0.717) is 0 Å². The molecule has 1 nitrogen and oxygen atoms in total. The van der Waals surface area contributed by atoms with Crippen LogP contribution in [0.25, 0.3) is 0 Å². The van der Waals surface area contributed by atoms with Crippen LogP contribution in [0.3, 0.4) is 0 Å². The predicted octanol–water partition coefficient (Wildman–Crippen LogP) is -1.04. The Morgan fingerprint density at radius 1 is 1.22 bits per heavy atom. The van der Waals surface area contributed by atoms with Gasteiger partial charge in [-0.1, -0.05) is 12.1 Å². The third kappa shape index (κ3) is 11.7. The molecule has 0 atom stereocenters. The van der Waals surface area contributed by atoms with Crippen molar-refractivity contribution in [3.05, 3.63) is 29.5 Å². The van der Waals surface area contributed by atoms with Crippen molar-refractivity contribution in [1.82, 2.24) is 0 Å². The molecular weight excluding hydrogens is 177 g/mol. The molecule has 0 amide bonds. The van der Waals surface area contributed by atoms with E-state index in [0.717, 1.165) is 0 Å². The summed E-state index contributed by atoms with van der Waals surface area (Å²) in [6, 6.07) is 4.04. The molecule has 0 bridgehead atoms. The number of hydrogen-bond donors (Lipinski definition) is 0. The Bertz CT molecular complexity index is 105. The molecule has 1 rings (SSSR count). The van der Waals surface area contributed by atoms with Crippen LogP contribution in [0.5, 0.6) is 0 Å². The van der Waals surface area contributed by atoms with E-state index in [1.165, 1.54) is 0 Å². The average Bonchev–Trinajstić information content (AvgIpc) is 2.23. The topological polar surface area (TPSA) is 23.8 Å². The Kier molecular flexibility index (Phi) is 28.3. The maximum atomic E-state index is 6.25. The van der Waals surface area contributed by atoms with Gasteiger partial charge in [-0.3, -0.25) is 0 Å². The van der Waals surface area contributed by atoms with Gasteiger partial charge in [-0.15, -0.1) is 0 Å². The summed E-state index contributed by atoms with van der Waals surface area (Å²) in [6.07, 6.45) is 0. The first-order valence-electron chi connectivity index (χ1n) is 1.70. The summed E-state index contributed by atoms with van der Waals surface area (Å²) in [5, 5.41) is 10.3. The molecule has 0 fully saturated rings. The van der Waals surface area contributed by atoms with Gasteiger partial charge in [0.1, 0.15) is 0 Å². The Labute approximate surface area is 83.2 Å². The smallest absolute Gasteiger partial charge is 1.00 e. The minimum atomic E-state index is 0. The summed E-state index contributed by atoms with van der Waals surface area (Å²) in [7, 11) is 0. The molecule has 0 unspecified atom stereocenters. The minimum Gasteiger partial charge on any atom is -1.00 e. The normalized spacial score (nSPS) is 4.67. The van der Waals surface area contributed by atoms with Crippen molar-refractivity contribution >= 4 is 11.3 Å². The molecule has 1 aromatic rings. The summed E-state index contributed by atoms with van der Waals surface area (Å²) in [4.78, 5) is 0. The molecule has 0 radical (unpaired) electrons. The fourth-order valence-corrected chi connectivity index (χ4v) is 0.680. The van der Waals surface area contributed by atoms with Crippen molar-refractivity contribution in [2.24, 2.45) is 0 Å². The van der Waals surface area contributed by atoms with Gasteiger partial charge in [0.05, 0.1) is 0 Å². The molecule has 0 saturated heterocycles. The molecule has 0 aliphatic carbocycles. The average molecular weight is 182 g/mol. The molecule has 1 heterocycles. The number of rotatable bonds is 0. The second-order valence-corrected chi connectivity index (χ2v) is 1.61. The molecule has 0 aliphatic rings. The first kappa shape index (κ1) is 16.1. The van der Waals surface area contributed by atoms with Crippen LogP contribution < -0.4 is 18.9 Å². The zero-order valence-corrected chi connectivity index (χ0v) is 6.72. The second kappa shape index (κ2) is 15.7. The van der Waals surface area contributed by atoms with Gasteiger partial charge in [0, 0.05) is 0 Å². The van der Waals surface area contributed by atoms with Crippen LogP contribution in [-0.4, -0.2) is 0 Å². The summed E-state index contributed by atoms with van der Waals surface area (Å²) in [5.74, 6) is 0. The van der Waals surface area contributed by atoms with Gasteiger partial charge >= 0.3 is 35.9 Å². The summed E-state index contributed by atoms with van der Waals surface area (Å²) in [6.45, 7) is 4.75. The molecule has 9 heavy (non-hydrogen) atoms. The molecule has 48 valence electrons. The Hall–Kier alpha value is 0.307. The van der Waals surface area contributed by atoms with E-state index in [9.17, 15) is 0 Å². The molecule has 0 N–H and O–H groups in total. The van der Waals surface area contributed by atoms with Crippen LogP contribution in [0.4, 0.5) is 0 Å². The SMILES string of the molecule is [C-]#N.[Cu+].[H-].[Li+].c1ccsc1. The Morgan fingerprint density at radius 2 is 1.56 bits per heavy atom. The van der Waals surface area contributed by atoms with Crippen molar-refractivity contribution in [2.45, 2.75) is 0 Å². The van der Waals surface area contributed by atoms with Gasteiger partial charge in [-0.25, -0.2) is 0 Å². The van der Waals surface area contributed by atoms with Crippen LogP contribution >= 0.6 is 11.3 Å². The third-order valence-electron chi connectivity index (χ3n) is 0.425. The summed E-state index contributed by atoms with van der Waals surface area (Å²) < 4.78 is 0. The van der Waals surface area contributed by atoms with Crippen molar-refractivity contribution < 1.29 is 37.4 Å². The third-order valence-corrected chi connectivity index (χ3v) is 1.05. The Balaban J connectivity index is -0.0000000337. The molecule has 0 aromatic carbocycles. The second-order valence-electron chi connectivity index (χ2n) is 0.793. The zero-order valence-electron chi connectivity index (χ0n) is 5.97. The number of thiophene rings is 1. The van der Waals surface area contributed by atoms with Gasteiger partial charge in [0.25, 0.3) is 0 Å². The van der Waals surface area contributed by atoms with Crippen molar-refractivity contribution in [3.63, 3.8) is 0 Å². The molecule has 4 heteroatoms. The monoisotopic (exact) mass is 181 g/mol. The largest absolute Gasteiger partial charge is 1.00 e. The van der Waals surface area contributed by atoms with Crippen molar-refractivity contribution in [1.29, 1.82) is 5.26 Å². The first-order valence-corrected chi connectivity index (χ1v) is 2.64. The number of hydrogen-bond acceptors (Lipinski definition) is 2. The van der Waals surface area contributed by atoms with Gasteiger partial charge in [-0.2, -0.15) is 11.3 Å². The predicted molar refractivity (Wildman–Crippen MR) is 30.4 cm³/mol. The summed E-state index contributed by atoms with van der Waals surface area (Å²) in [5.41, 5.74) is 0. The van der Waals surface area contributed by atoms with E-state index in [1.54, 1.807) is 11.3 Å². The molecule has 1 aromatic heterocycles. The van der Waals surface area contributed by atoms with Crippen LogP contribution in [0.2, 0.25) is 0 Å². The maximum Gasteiger partial charge on any atom is 1.00 e. The molecule has 0 spiro atoms. The van der Waals surface area contributed by atoms with E-state index in [1.807, 2.05) is 22.9 Å². The van der Waals surface area contributed by atoms with E-state index >= 15 is 0 Å². The van der Waals surface area contributed by atoms with E-state index in [-0.39, 0.29) is 37.4 Å². The van der Waals surface area contributed by atoms with Gasteiger partial charge in [-0.05, 0) is 10.8 Å². The minimum absolute atomic E-state index is 0. The van der Waals surface area contributed by atoms with Gasteiger partial charge in [0.2, 0.25) is 0 Å². The van der Waals surface area contributed by atoms with Crippen LogP contribution in [0.15, 0.2) is 22.9 Å². The molecule has 0 saturated carbocycles. The summed E-state index contributed by atoms with van der Waals surface area (Å²) >= 11 is 1.71.